The molecule has 0 N–H and O–H groups in total. The molecule has 0 aromatic heterocycles. The maximum absolute atomic E-state index is 5.96. The van der Waals surface area contributed by atoms with Crippen LogP contribution in [0.3, 0.4) is 0 Å². The molecule has 0 radical (unpaired) electrons. The van der Waals surface area contributed by atoms with Gasteiger partial charge in [0.2, 0.25) is 0 Å². The Morgan fingerprint density at radius 2 is 1.85 bits per heavy atom. The molecule has 0 fully saturated rings. The summed E-state index contributed by atoms with van der Waals surface area (Å²) in [6.07, 6.45) is 0.942. The van der Waals surface area contributed by atoms with Crippen molar-refractivity contribution >= 4 is 27.5 Å². The lowest BCUT2D eigenvalue weighted by molar-refractivity contribution is 0.408. The predicted molar refractivity (Wildman–Crippen MR) is 89.4 cm³/mol. The molecule has 0 heterocycles. The van der Waals surface area contributed by atoms with Crippen LogP contribution in [0.15, 0.2) is 42.5 Å². The summed E-state index contributed by atoms with van der Waals surface area (Å²) in [4.78, 5) is 0. The van der Waals surface area contributed by atoms with E-state index in [1.54, 1.807) is 7.11 Å². The molecular formula is C17H18BrClO. The number of ether oxygens (including phenoxy) is 1. The average molecular weight is 354 g/mol. The van der Waals surface area contributed by atoms with Gasteiger partial charge in [-0.25, -0.2) is 0 Å². The van der Waals surface area contributed by atoms with Gasteiger partial charge in [0.15, 0.2) is 0 Å². The number of hydrogen-bond acceptors (Lipinski definition) is 1. The smallest absolute Gasteiger partial charge is 0.122 e. The molecule has 1 nitrogen and oxygen atoms in total. The fraction of sp³-hybridized carbons (Fsp3) is 0.294. The molecule has 2 aromatic carbocycles. The fourth-order valence-electron chi connectivity index (χ4n) is 2.33. The van der Waals surface area contributed by atoms with Gasteiger partial charge < -0.3 is 4.74 Å². The molecule has 0 spiro atoms. The van der Waals surface area contributed by atoms with Crippen molar-refractivity contribution in [2.45, 2.75) is 19.3 Å². The third kappa shape index (κ3) is 3.77. The van der Waals surface area contributed by atoms with Crippen molar-refractivity contribution in [1.29, 1.82) is 0 Å². The molecular weight excluding hydrogens is 336 g/mol. The Kier molecular flexibility index (Phi) is 5.50. The van der Waals surface area contributed by atoms with Crippen LogP contribution in [-0.4, -0.2) is 12.4 Å². The highest BCUT2D eigenvalue weighted by Gasteiger charge is 2.14. The first-order chi connectivity index (χ1) is 9.63. The molecule has 0 aliphatic heterocycles. The summed E-state index contributed by atoms with van der Waals surface area (Å²) in [5, 5.41) is 1.68. The maximum atomic E-state index is 5.96. The average Bonchev–Trinajstić information content (AvgIpc) is 2.46. The van der Waals surface area contributed by atoms with Crippen LogP contribution in [-0.2, 0) is 6.42 Å². The summed E-state index contributed by atoms with van der Waals surface area (Å²) >= 11 is 9.58. The van der Waals surface area contributed by atoms with Crippen LogP contribution in [0.1, 0.15) is 22.6 Å². The molecule has 20 heavy (non-hydrogen) atoms. The van der Waals surface area contributed by atoms with Gasteiger partial charge in [-0.3, -0.25) is 0 Å². The lowest BCUT2D eigenvalue weighted by Crippen LogP contribution is -2.06. The van der Waals surface area contributed by atoms with Crippen molar-refractivity contribution in [3.8, 4) is 5.75 Å². The van der Waals surface area contributed by atoms with E-state index in [4.69, 9.17) is 16.3 Å². The number of halogens is 2. The Morgan fingerprint density at radius 1 is 1.15 bits per heavy atom. The summed E-state index contributed by atoms with van der Waals surface area (Å²) < 4.78 is 5.46. The van der Waals surface area contributed by atoms with Gasteiger partial charge >= 0.3 is 0 Å². The van der Waals surface area contributed by atoms with E-state index in [9.17, 15) is 0 Å². The quantitative estimate of drug-likeness (QED) is 0.656. The van der Waals surface area contributed by atoms with Crippen molar-refractivity contribution < 1.29 is 4.74 Å². The van der Waals surface area contributed by atoms with Crippen LogP contribution >= 0.6 is 27.5 Å². The van der Waals surface area contributed by atoms with E-state index in [2.05, 4.69) is 47.1 Å². The summed E-state index contributed by atoms with van der Waals surface area (Å²) in [6.45, 7) is 2.11. The van der Waals surface area contributed by atoms with E-state index < -0.39 is 0 Å². The summed E-state index contributed by atoms with van der Waals surface area (Å²) in [5.41, 5.74) is 3.78. The highest BCUT2D eigenvalue weighted by Crippen LogP contribution is 2.29. The Morgan fingerprint density at radius 3 is 2.45 bits per heavy atom. The molecule has 0 bridgehead atoms. The van der Waals surface area contributed by atoms with Gasteiger partial charge in [0.05, 0.1) is 7.11 Å². The monoisotopic (exact) mass is 352 g/mol. The van der Waals surface area contributed by atoms with Crippen molar-refractivity contribution in [1.82, 2.24) is 0 Å². The molecule has 0 saturated carbocycles. The van der Waals surface area contributed by atoms with Crippen molar-refractivity contribution in [2.24, 2.45) is 0 Å². The van der Waals surface area contributed by atoms with Gasteiger partial charge in [-0.05, 0) is 48.6 Å². The topological polar surface area (TPSA) is 9.23 Å². The summed E-state index contributed by atoms with van der Waals surface area (Å²) in [6, 6.07) is 14.4. The SMILES string of the molecule is COc1ccc(C)cc1CC(CBr)c1ccc(Cl)cc1. The molecule has 0 saturated heterocycles. The fourth-order valence-corrected chi connectivity index (χ4v) is 3.06. The minimum atomic E-state index is 0.406. The maximum Gasteiger partial charge on any atom is 0.122 e. The molecule has 1 unspecified atom stereocenters. The summed E-state index contributed by atoms with van der Waals surface area (Å²) in [5.74, 6) is 1.36. The Bertz CT molecular complexity index is 566. The predicted octanol–water partition coefficient (Wildman–Crippen LogP) is 5.38. The standard InChI is InChI=1S/C17H18BrClO/c1-12-3-8-17(20-2)14(9-12)10-15(11-18)13-4-6-16(19)7-5-13/h3-9,15H,10-11H2,1-2H3. The summed E-state index contributed by atoms with van der Waals surface area (Å²) in [7, 11) is 1.72. The van der Waals surface area contributed by atoms with Gasteiger partial charge in [-0.1, -0.05) is 57.4 Å². The number of alkyl halides is 1. The molecule has 106 valence electrons. The normalized spacial score (nSPS) is 12.2. The Balaban J connectivity index is 2.26. The second-order valence-corrected chi connectivity index (χ2v) is 6.01. The van der Waals surface area contributed by atoms with E-state index in [1.165, 1.54) is 16.7 Å². The first kappa shape index (κ1) is 15.4. The molecule has 0 amide bonds. The highest BCUT2D eigenvalue weighted by atomic mass is 79.9. The van der Waals surface area contributed by atoms with E-state index in [1.807, 2.05) is 18.2 Å². The molecule has 3 heteroatoms. The zero-order valence-electron chi connectivity index (χ0n) is 11.7. The van der Waals surface area contributed by atoms with Crippen LogP contribution in [0.4, 0.5) is 0 Å². The van der Waals surface area contributed by atoms with Crippen LogP contribution in [0.2, 0.25) is 5.02 Å². The molecule has 0 aliphatic rings. The van der Waals surface area contributed by atoms with Crippen LogP contribution in [0.5, 0.6) is 5.75 Å². The van der Waals surface area contributed by atoms with Crippen molar-refractivity contribution in [3.63, 3.8) is 0 Å². The van der Waals surface area contributed by atoms with Crippen molar-refractivity contribution in [3.05, 3.63) is 64.2 Å². The molecule has 2 rings (SSSR count). The van der Waals surface area contributed by atoms with Crippen LogP contribution in [0, 0.1) is 6.92 Å². The van der Waals surface area contributed by atoms with Crippen LogP contribution in [0.25, 0.3) is 0 Å². The minimum Gasteiger partial charge on any atom is -0.496 e. The van der Waals surface area contributed by atoms with E-state index in [0.29, 0.717) is 5.92 Å². The number of hydrogen-bond donors (Lipinski definition) is 0. The third-order valence-electron chi connectivity index (χ3n) is 3.43. The first-order valence-electron chi connectivity index (χ1n) is 6.59. The van der Waals surface area contributed by atoms with Gasteiger partial charge in [0.1, 0.15) is 5.75 Å². The molecule has 0 aliphatic carbocycles. The second-order valence-electron chi connectivity index (χ2n) is 4.92. The van der Waals surface area contributed by atoms with Crippen LogP contribution < -0.4 is 4.74 Å². The van der Waals surface area contributed by atoms with Gasteiger partial charge in [0, 0.05) is 10.4 Å². The minimum absolute atomic E-state index is 0.406. The molecule has 1 atom stereocenters. The van der Waals surface area contributed by atoms with E-state index >= 15 is 0 Å². The first-order valence-corrected chi connectivity index (χ1v) is 8.09. The van der Waals surface area contributed by atoms with Gasteiger partial charge in [-0.15, -0.1) is 0 Å². The Hall–Kier alpha value is -0.990. The largest absolute Gasteiger partial charge is 0.496 e. The number of rotatable bonds is 5. The van der Waals surface area contributed by atoms with E-state index in [-0.39, 0.29) is 0 Å². The number of aryl methyl sites for hydroxylation is 1. The molecule has 2 aromatic rings. The third-order valence-corrected chi connectivity index (χ3v) is 4.46. The van der Waals surface area contributed by atoms with Crippen molar-refractivity contribution in [2.75, 3.05) is 12.4 Å². The number of benzene rings is 2. The zero-order valence-corrected chi connectivity index (χ0v) is 14.0. The second kappa shape index (κ2) is 7.14. The van der Waals surface area contributed by atoms with E-state index in [0.717, 1.165) is 22.5 Å². The Labute approximate surface area is 134 Å². The number of methoxy groups -OCH3 is 1. The highest BCUT2D eigenvalue weighted by molar-refractivity contribution is 9.09. The lowest BCUT2D eigenvalue weighted by Gasteiger charge is -2.17. The van der Waals surface area contributed by atoms with Gasteiger partial charge in [0.25, 0.3) is 0 Å². The van der Waals surface area contributed by atoms with Gasteiger partial charge in [-0.2, -0.15) is 0 Å². The lowest BCUT2D eigenvalue weighted by atomic mass is 9.92. The zero-order chi connectivity index (χ0) is 14.5.